The molecule has 1 heterocycles. The fourth-order valence-corrected chi connectivity index (χ4v) is 1.31. The van der Waals surface area contributed by atoms with Gasteiger partial charge in [0, 0.05) is 6.54 Å². The number of rotatable bonds is 1. The predicted octanol–water partition coefficient (Wildman–Crippen LogP) is 1.61. The molecule has 3 heteroatoms. The van der Waals surface area contributed by atoms with E-state index in [1.165, 1.54) is 0 Å². The summed E-state index contributed by atoms with van der Waals surface area (Å²) in [5.41, 5.74) is 1.52. The average Bonchev–Trinajstić information content (AvgIpc) is 2.40. The highest BCUT2D eigenvalue weighted by molar-refractivity contribution is 5.72. The van der Waals surface area contributed by atoms with Gasteiger partial charge in [-0.3, -0.25) is 4.57 Å². The zero-order valence-electron chi connectivity index (χ0n) is 6.78. The summed E-state index contributed by atoms with van der Waals surface area (Å²) in [4.78, 5) is 11.2. The minimum Gasteiger partial charge on any atom is -0.408 e. The van der Waals surface area contributed by atoms with E-state index in [0.29, 0.717) is 12.1 Å². The van der Waals surface area contributed by atoms with Crippen molar-refractivity contribution in [1.82, 2.24) is 4.57 Å². The van der Waals surface area contributed by atoms with Gasteiger partial charge in [0.1, 0.15) is 0 Å². The molecule has 12 heavy (non-hydrogen) atoms. The number of hydrogen-bond acceptors (Lipinski definition) is 2. The van der Waals surface area contributed by atoms with Crippen LogP contribution in [0.4, 0.5) is 0 Å². The quantitative estimate of drug-likeness (QED) is 0.640. The summed E-state index contributed by atoms with van der Waals surface area (Å²) in [6.07, 6.45) is 0. The van der Waals surface area contributed by atoms with E-state index in [9.17, 15) is 4.79 Å². The average molecular weight is 163 g/mol. The molecule has 0 aliphatic carbocycles. The lowest BCUT2D eigenvalue weighted by molar-refractivity contribution is 0.513. The van der Waals surface area contributed by atoms with Crippen LogP contribution in [0.5, 0.6) is 0 Å². The Kier molecular flexibility index (Phi) is 1.50. The minimum absolute atomic E-state index is 0.279. The number of hydrogen-bond donors (Lipinski definition) is 0. The maximum Gasteiger partial charge on any atom is 0.419 e. The lowest BCUT2D eigenvalue weighted by Gasteiger charge is -1.92. The molecule has 0 bridgehead atoms. The van der Waals surface area contributed by atoms with Gasteiger partial charge in [0.05, 0.1) is 5.52 Å². The number of para-hydroxylation sites is 2. The number of aromatic nitrogens is 1. The summed E-state index contributed by atoms with van der Waals surface area (Å²) in [5, 5.41) is 0. The number of nitrogens with zero attached hydrogens (tertiary/aromatic N) is 1. The molecule has 2 rings (SSSR count). The van der Waals surface area contributed by atoms with Crippen LogP contribution in [0.25, 0.3) is 11.1 Å². The molecule has 1 aromatic heterocycles. The maximum absolute atomic E-state index is 11.2. The smallest absolute Gasteiger partial charge is 0.408 e. The number of aryl methyl sites for hydroxylation is 1. The first kappa shape index (κ1) is 7.16. The van der Waals surface area contributed by atoms with Crippen LogP contribution in [0.2, 0.25) is 0 Å². The molecule has 0 fully saturated rings. The Morgan fingerprint density at radius 3 is 2.92 bits per heavy atom. The summed E-state index contributed by atoms with van der Waals surface area (Å²) in [6.45, 7) is 2.57. The van der Waals surface area contributed by atoms with Gasteiger partial charge in [-0.25, -0.2) is 4.79 Å². The Bertz CT molecular complexity index is 453. The molecule has 0 saturated heterocycles. The van der Waals surface area contributed by atoms with Crippen molar-refractivity contribution in [2.75, 3.05) is 0 Å². The topological polar surface area (TPSA) is 35.1 Å². The van der Waals surface area contributed by atoms with Crippen LogP contribution in [-0.2, 0) is 6.54 Å². The monoisotopic (exact) mass is 163 g/mol. The van der Waals surface area contributed by atoms with Gasteiger partial charge in [-0.05, 0) is 19.1 Å². The molecule has 1 aromatic carbocycles. The van der Waals surface area contributed by atoms with E-state index in [1.807, 2.05) is 25.1 Å². The lowest BCUT2D eigenvalue weighted by Crippen LogP contribution is -2.11. The van der Waals surface area contributed by atoms with Gasteiger partial charge in [0.15, 0.2) is 5.58 Å². The number of fused-ring (bicyclic) bond motifs is 1. The van der Waals surface area contributed by atoms with Gasteiger partial charge < -0.3 is 4.42 Å². The van der Waals surface area contributed by atoms with Crippen molar-refractivity contribution in [3.05, 3.63) is 34.8 Å². The van der Waals surface area contributed by atoms with E-state index >= 15 is 0 Å². The zero-order chi connectivity index (χ0) is 8.55. The van der Waals surface area contributed by atoms with Crippen molar-refractivity contribution >= 4 is 11.1 Å². The van der Waals surface area contributed by atoms with E-state index in [0.717, 1.165) is 5.52 Å². The predicted molar refractivity (Wildman–Crippen MR) is 46.1 cm³/mol. The van der Waals surface area contributed by atoms with Crippen molar-refractivity contribution in [1.29, 1.82) is 0 Å². The molecule has 0 saturated carbocycles. The van der Waals surface area contributed by atoms with Crippen LogP contribution >= 0.6 is 0 Å². The minimum atomic E-state index is -0.279. The maximum atomic E-state index is 11.2. The molecule has 0 unspecified atom stereocenters. The highest BCUT2D eigenvalue weighted by Crippen LogP contribution is 2.10. The lowest BCUT2D eigenvalue weighted by atomic mass is 10.3. The summed E-state index contributed by atoms with van der Waals surface area (Å²) in [6, 6.07) is 7.42. The van der Waals surface area contributed by atoms with Gasteiger partial charge in [-0.1, -0.05) is 12.1 Å². The summed E-state index contributed by atoms with van der Waals surface area (Å²) in [5.74, 6) is -0.279. The first-order chi connectivity index (χ1) is 5.83. The van der Waals surface area contributed by atoms with Gasteiger partial charge in [-0.15, -0.1) is 0 Å². The molecule has 0 aliphatic rings. The van der Waals surface area contributed by atoms with Crippen molar-refractivity contribution < 1.29 is 4.42 Å². The first-order valence-corrected chi connectivity index (χ1v) is 3.91. The van der Waals surface area contributed by atoms with Crippen LogP contribution in [-0.4, -0.2) is 4.57 Å². The van der Waals surface area contributed by atoms with Crippen molar-refractivity contribution in [3.8, 4) is 0 Å². The SMILES string of the molecule is CCn1c(=O)oc2ccccc21. The fraction of sp³-hybridized carbons (Fsp3) is 0.222. The third-order valence-electron chi connectivity index (χ3n) is 1.89. The molecular weight excluding hydrogens is 154 g/mol. The zero-order valence-corrected chi connectivity index (χ0v) is 6.78. The second-order valence-electron chi connectivity index (χ2n) is 2.58. The molecule has 0 aliphatic heterocycles. The molecule has 3 nitrogen and oxygen atoms in total. The number of benzene rings is 1. The van der Waals surface area contributed by atoms with Gasteiger partial charge >= 0.3 is 5.76 Å². The molecule has 62 valence electrons. The largest absolute Gasteiger partial charge is 0.419 e. The highest BCUT2D eigenvalue weighted by atomic mass is 16.4. The van der Waals surface area contributed by atoms with Crippen LogP contribution in [0.3, 0.4) is 0 Å². The van der Waals surface area contributed by atoms with E-state index in [2.05, 4.69) is 0 Å². The van der Waals surface area contributed by atoms with E-state index in [-0.39, 0.29) is 5.76 Å². The Morgan fingerprint density at radius 2 is 2.17 bits per heavy atom. The van der Waals surface area contributed by atoms with Gasteiger partial charge in [0.25, 0.3) is 0 Å². The second-order valence-corrected chi connectivity index (χ2v) is 2.58. The normalized spacial score (nSPS) is 10.8. The van der Waals surface area contributed by atoms with Crippen LogP contribution in [0.15, 0.2) is 33.5 Å². The fourth-order valence-electron chi connectivity index (χ4n) is 1.31. The first-order valence-electron chi connectivity index (χ1n) is 3.91. The second kappa shape index (κ2) is 2.52. The standard InChI is InChI=1S/C9H9NO2/c1-2-10-7-5-3-4-6-8(7)12-9(10)11/h3-6H,2H2,1H3. The molecule has 0 spiro atoms. The van der Waals surface area contributed by atoms with Crippen molar-refractivity contribution in [2.24, 2.45) is 0 Å². The van der Waals surface area contributed by atoms with Crippen molar-refractivity contribution in [3.63, 3.8) is 0 Å². The van der Waals surface area contributed by atoms with Crippen LogP contribution in [0, 0.1) is 0 Å². The molecule has 0 atom stereocenters. The van der Waals surface area contributed by atoms with E-state index < -0.39 is 0 Å². The highest BCUT2D eigenvalue weighted by Gasteiger charge is 2.04. The van der Waals surface area contributed by atoms with Crippen molar-refractivity contribution in [2.45, 2.75) is 13.5 Å². The van der Waals surface area contributed by atoms with Gasteiger partial charge in [-0.2, -0.15) is 0 Å². The summed E-state index contributed by atoms with van der Waals surface area (Å²) < 4.78 is 6.60. The Labute approximate surface area is 69.2 Å². The van der Waals surface area contributed by atoms with Gasteiger partial charge in [0.2, 0.25) is 0 Å². The Morgan fingerprint density at radius 1 is 1.42 bits per heavy atom. The molecule has 2 aromatic rings. The third kappa shape index (κ3) is 0.863. The third-order valence-corrected chi connectivity index (χ3v) is 1.89. The van der Waals surface area contributed by atoms with E-state index in [4.69, 9.17) is 4.42 Å². The van der Waals surface area contributed by atoms with Crippen LogP contribution < -0.4 is 5.76 Å². The van der Waals surface area contributed by atoms with E-state index in [1.54, 1.807) is 10.6 Å². The number of oxazole rings is 1. The Balaban J connectivity index is 2.91. The summed E-state index contributed by atoms with van der Waals surface area (Å²) in [7, 11) is 0. The molecular formula is C9H9NO2. The molecule has 0 N–H and O–H groups in total. The summed E-state index contributed by atoms with van der Waals surface area (Å²) >= 11 is 0. The Hall–Kier alpha value is -1.51. The van der Waals surface area contributed by atoms with Crippen LogP contribution in [0.1, 0.15) is 6.92 Å². The molecule has 0 radical (unpaired) electrons. The molecule has 0 amide bonds.